The van der Waals surface area contributed by atoms with Gasteiger partial charge < -0.3 is 116 Å². The van der Waals surface area contributed by atoms with Crippen LogP contribution in [-0.4, -0.2) is 244 Å². The number of unbranched alkanes of at least 4 members (excludes halogenated alkanes) is 1. The molecule has 0 radical (unpaired) electrons. The van der Waals surface area contributed by atoms with Gasteiger partial charge in [-0.25, -0.2) is 4.79 Å². The van der Waals surface area contributed by atoms with Crippen LogP contribution in [0.5, 0.6) is 0 Å². The highest BCUT2D eigenvalue weighted by Gasteiger charge is 2.61. The molecule has 0 aliphatic carbocycles. The highest BCUT2D eigenvalue weighted by atomic mass is 16.8. The summed E-state index contributed by atoms with van der Waals surface area (Å²) in [4.78, 5) is 62.5. The van der Waals surface area contributed by atoms with Gasteiger partial charge in [0, 0.05) is 52.2 Å². The minimum Gasteiger partial charge on any atom is -0.479 e. The summed E-state index contributed by atoms with van der Waals surface area (Å²) in [7, 11) is 0. The number of nitrogens with one attached hydrogen (secondary N) is 4. The van der Waals surface area contributed by atoms with Crippen LogP contribution in [0, 0.1) is 11.8 Å². The Bertz CT molecular complexity index is 1740. The van der Waals surface area contributed by atoms with Crippen molar-refractivity contribution in [1.82, 2.24) is 21.3 Å². The van der Waals surface area contributed by atoms with E-state index in [0.29, 0.717) is 19.4 Å². The van der Waals surface area contributed by atoms with Crippen LogP contribution in [0.15, 0.2) is 0 Å². The Labute approximate surface area is 416 Å². The summed E-state index contributed by atoms with van der Waals surface area (Å²) in [5.41, 5.74) is 3.65. The summed E-state index contributed by atoms with van der Waals surface area (Å²) < 4.78 is 54.6. The molecule has 4 rings (SSSR count). The SMILES string of the molecule is CC(=O)NC(C(O)OC1C(O)C(C)OC(OC2C(O)C(CO)OC(OC3C(CO)OC(OCCOCCNC(=O)CCCCN)C4C[C@@](C)(C(=O)O)OC43)C2NC(C)=O)C1NC(C)=O)C(O)C(O)C(C)CO. The molecule has 0 aromatic heterocycles. The fourth-order valence-electron chi connectivity index (χ4n) is 9.03. The maximum Gasteiger partial charge on any atom is 0.335 e. The Morgan fingerprint density at radius 1 is 0.778 bits per heavy atom. The van der Waals surface area contributed by atoms with Gasteiger partial charge in [0.15, 0.2) is 30.8 Å². The number of hydrogen-bond donors (Lipinski definition) is 14. The van der Waals surface area contributed by atoms with Gasteiger partial charge in [0.1, 0.15) is 67.0 Å². The van der Waals surface area contributed by atoms with Crippen molar-refractivity contribution in [3.05, 3.63) is 0 Å². The number of nitrogens with two attached hydrogens (primary N) is 1. The number of carbonyl (C=O) groups excluding carboxylic acids is 4. The van der Waals surface area contributed by atoms with Crippen LogP contribution in [0.4, 0.5) is 0 Å². The van der Waals surface area contributed by atoms with Crippen LogP contribution >= 0.6 is 0 Å². The molecule has 416 valence electrons. The van der Waals surface area contributed by atoms with Gasteiger partial charge in [-0.2, -0.15) is 0 Å². The number of aliphatic carboxylic acids is 1. The number of carbonyl (C=O) groups is 5. The van der Waals surface area contributed by atoms with Crippen LogP contribution in [-0.2, 0) is 66.6 Å². The molecule has 4 fully saturated rings. The van der Waals surface area contributed by atoms with Gasteiger partial charge in [-0.05, 0) is 39.7 Å². The van der Waals surface area contributed by atoms with Crippen molar-refractivity contribution >= 4 is 29.6 Å². The van der Waals surface area contributed by atoms with Gasteiger partial charge >= 0.3 is 5.97 Å². The second kappa shape index (κ2) is 28.5. The van der Waals surface area contributed by atoms with Crippen molar-refractivity contribution in [3.63, 3.8) is 0 Å². The molecule has 4 aliphatic rings. The number of aliphatic hydroxyl groups is 8. The molecule has 4 aliphatic heterocycles. The fraction of sp³-hybridized carbons (Fsp3) is 0.886. The molecular weight excluding hydrogens is 966 g/mol. The van der Waals surface area contributed by atoms with Gasteiger partial charge in [-0.3, -0.25) is 19.2 Å². The number of carboxylic acid groups (broad SMARTS) is 1. The van der Waals surface area contributed by atoms with Crippen LogP contribution in [0.2, 0.25) is 0 Å². The zero-order chi connectivity index (χ0) is 53.6. The van der Waals surface area contributed by atoms with Gasteiger partial charge in [-0.1, -0.05) is 6.92 Å². The Balaban J connectivity index is 1.61. The summed E-state index contributed by atoms with van der Waals surface area (Å²) >= 11 is 0. The number of fused-ring (bicyclic) bond motifs is 1. The summed E-state index contributed by atoms with van der Waals surface area (Å²) in [5.74, 6) is -5.57. The lowest BCUT2D eigenvalue weighted by Gasteiger charge is -2.50. The van der Waals surface area contributed by atoms with Crippen molar-refractivity contribution in [2.45, 2.75) is 183 Å². The van der Waals surface area contributed by atoms with E-state index in [1.165, 1.54) is 20.8 Å². The van der Waals surface area contributed by atoms with Crippen molar-refractivity contribution < 1.29 is 113 Å². The van der Waals surface area contributed by atoms with E-state index in [1.54, 1.807) is 0 Å². The molecule has 0 saturated carbocycles. The van der Waals surface area contributed by atoms with Gasteiger partial charge in [0.05, 0.1) is 51.3 Å². The normalized spacial score (nSPS) is 35.7. The number of hydrogen-bond acceptors (Lipinski definition) is 23. The number of rotatable bonds is 28. The van der Waals surface area contributed by atoms with Crippen molar-refractivity contribution in [2.24, 2.45) is 17.6 Å². The zero-order valence-corrected chi connectivity index (χ0v) is 41.4. The lowest BCUT2D eigenvalue weighted by atomic mass is 9.86. The molecule has 4 heterocycles. The topological polar surface area (TPSA) is 425 Å². The molecule has 28 heteroatoms. The first-order valence-corrected chi connectivity index (χ1v) is 24.1. The first-order valence-electron chi connectivity index (χ1n) is 24.1. The van der Waals surface area contributed by atoms with E-state index in [2.05, 4.69) is 21.3 Å². The van der Waals surface area contributed by atoms with Crippen molar-refractivity contribution in [3.8, 4) is 0 Å². The van der Waals surface area contributed by atoms with Crippen LogP contribution in [0.3, 0.4) is 0 Å². The minimum atomic E-state index is -2.23. The second-order valence-electron chi connectivity index (χ2n) is 18.7. The Morgan fingerprint density at radius 2 is 1.39 bits per heavy atom. The third kappa shape index (κ3) is 16.1. The van der Waals surface area contributed by atoms with Crippen LogP contribution in [0.1, 0.15) is 67.2 Å². The third-order valence-electron chi connectivity index (χ3n) is 12.9. The molecular formula is C44H77N5O23. The van der Waals surface area contributed by atoms with E-state index in [-0.39, 0.29) is 38.7 Å². The van der Waals surface area contributed by atoms with Crippen molar-refractivity contribution in [1.29, 1.82) is 0 Å². The lowest BCUT2D eigenvalue weighted by Crippen LogP contribution is -2.71. The van der Waals surface area contributed by atoms with E-state index in [9.17, 15) is 69.9 Å². The molecule has 0 spiro atoms. The Morgan fingerprint density at radius 3 is 1.97 bits per heavy atom. The highest BCUT2D eigenvalue weighted by Crippen LogP contribution is 2.46. The quantitative estimate of drug-likeness (QED) is 0.0256. The average Bonchev–Trinajstić information content (AvgIpc) is 3.70. The maximum absolute atomic E-state index is 12.9. The molecule has 4 amide bonds. The Hall–Kier alpha value is -3.37. The zero-order valence-electron chi connectivity index (χ0n) is 41.4. The van der Waals surface area contributed by atoms with Crippen molar-refractivity contribution in [2.75, 3.05) is 52.7 Å². The first-order chi connectivity index (χ1) is 34.0. The Kier molecular flexibility index (Phi) is 24.2. The fourth-order valence-corrected chi connectivity index (χ4v) is 9.03. The lowest BCUT2D eigenvalue weighted by molar-refractivity contribution is -0.356. The monoisotopic (exact) mass is 1040 g/mol. The molecule has 4 saturated heterocycles. The molecule has 72 heavy (non-hydrogen) atoms. The first kappa shape index (κ1) is 61.2. The molecule has 0 aromatic rings. The largest absolute Gasteiger partial charge is 0.479 e. The molecule has 15 N–H and O–H groups in total. The number of ether oxygens (including phenoxy) is 9. The summed E-state index contributed by atoms with van der Waals surface area (Å²) in [5, 5.41) is 107. The number of amides is 4. The maximum atomic E-state index is 12.9. The van der Waals surface area contributed by atoms with Gasteiger partial charge in [0.2, 0.25) is 23.6 Å². The van der Waals surface area contributed by atoms with E-state index in [0.717, 1.165) is 27.2 Å². The minimum absolute atomic E-state index is 0.0376. The molecule has 28 nitrogen and oxygen atoms in total. The summed E-state index contributed by atoms with van der Waals surface area (Å²) in [6.07, 6.45) is -22.8. The summed E-state index contributed by atoms with van der Waals surface area (Å²) in [6, 6.07) is -4.98. The van der Waals surface area contributed by atoms with E-state index < -0.39 is 171 Å². The van der Waals surface area contributed by atoms with Crippen LogP contribution in [0.25, 0.3) is 0 Å². The molecule has 0 bridgehead atoms. The predicted octanol–water partition coefficient (Wildman–Crippen LogP) is -6.25. The number of aliphatic hydroxyl groups excluding tert-OH is 8. The predicted molar refractivity (Wildman–Crippen MR) is 241 cm³/mol. The van der Waals surface area contributed by atoms with Crippen LogP contribution < -0.4 is 27.0 Å². The van der Waals surface area contributed by atoms with Gasteiger partial charge in [-0.15, -0.1) is 0 Å². The van der Waals surface area contributed by atoms with E-state index in [4.69, 9.17) is 48.4 Å². The molecule has 21 atom stereocenters. The molecule has 20 unspecified atom stereocenters. The van der Waals surface area contributed by atoms with E-state index >= 15 is 0 Å². The second-order valence-corrected chi connectivity index (χ2v) is 18.7. The van der Waals surface area contributed by atoms with E-state index in [1.807, 2.05) is 0 Å². The third-order valence-corrected chi connectivity index (χ3v) is 12.9. The summed E-state index contributed by atoms with van der Waals surface area (Å²) in [6.45, 7) is 5.93. The molecule has 0 aromatic carbocycles. The smallest absolute Gasteiger partial charge is 0.335 e. The van der Waals surface area contributed by atoms with Gasteiger partial charge in [0.25, 0.3) is 0 Å². The highest BCUT2D eigenvalue weighted by molar-refractivity contribution is 5.77. The number of carboxylic acids is 1. The average molecular weight is 1040 g/mol. The standard InChI is InChI=1S/C44H77N5O23/c1-19(16-50)31(57)34(60)28(47-21(3)53)39(61)69-37-29(48-22(4)54)41(66-20(2)32(37)58)71-38-30(49-23(5)55)42(67-25(17-51)33(38)59)70-36-26(18-52)68-40(24-15-44(6,43(62)63)72-35(24)36)65-14-13-64-12-11-46-27(56)9-7-8-10-45/h19-20,24-26,28-42,50-52,57-61H,7-18,45H2,1-6H3,(H,46,56)(H,47,53)(H,48,54)(H,49,55)(H,62,63)/t19?,20?,24?,25?,26?,28?,29?,30?,31?,32?,33?,34?,35?,36?,37?,38?,39?,40?,41?,42?,44-/m0/s1.